The Morgan fingerprint density at radius 2 is 1.83 bits per heavy atom. The lowest BCUT2D eigenvalue weighted by Crippen LogP contribution is -2.44. The third-order valence-electron chi connectivity index (χ3n) is 3.89. The molecular formula is C16H17Cl2N5O. The number of halogens is 2. The molecule has 0 unspecified atom stereocenters. The Hall–Kier alpha value is -1.89. The van der Waals surface area contributed by atoms with E-state index in [1.807, 2.05) is 6.07 Å². The van der Waals surface area contributed by atoms with E-state index in [-0.39, 0.29) is 11.6 Å². The molecule has 1 amide bonds. The number of piperazine rings is 1. The second-order valence-corrected chi connectivity index (χ2v) is 6.49. The van der Waals surface area contributed by atoms with E-state index < -0.39 is 0 Å². The first-order chi connectivity index (χ1) is 11.5. The summed E-state index contributed by atoms with van der Waals surface area (Å²) in [5, 5.41) is 11.8. The van der Waals surface area contributed by atoms with Gasteiger partial charge in [0.15, 0.2) is 11.5 Å². The summed E-state index contributed by atoms with van der Waals surface area (Å²) in [7, 11) is 2.10. The summed E-state index contributed by atoms with van der Waals surface area (Å²) in [6.07, 6.45) is 0. The van der Waals surface area contributed by atoms with E-state index in [1.54, 1.807) is 24.3 Å². The Labute approximate surface area is 150 Å². The fourth-order valence-corrected chi connectivity index (χ4v) is 2.88. The van der Waals surface area contributed by atoms with Crippen LogP contribution in [0, 0.1) is 0 Å². The number of amides is 1. The van der Waals surface area contributed by atoms with Crippen molar-refractivity contribution >= 4 is 40.6 Å². The van der Waals surface area contributed by atoms with Gasteiger partial charge in [-0.05, 0) is 37.4 Å². The smallest absolute Gasteiger partial charge is 0.276 e. The number of nitrogens with zero attached hydrogens (tertiary/aromatic N) is 4. The fourth-order valence-electron chi connectivity index (χ4n) is 2.43. The van der Waals surface area contributed by atoms with Gasteiger partial charge in [0.05, 0.1) is 10.7 Å². The molecular weight excluding hydrogens is 349 g/mol. The number of rotatable bonds is 3. The molecule has 1 aromatic carbocycles. The Kier molecular flexibility index (Phi) is 5.18. The molecule has 0 spiro atoms. The van der Waals surface area contributed by atoms with Crippen molar-refractivity contribution in [3.63, 3.8) is 0 Å². The number of aromatic nitrogens is 2. The highest BCUT2D eigenvalue weighted by Gasteiger charge is 2.17. The minimum atomic E-state index is -0.364. The van der Waals surface area contributed by atoms with Crippen molar-refractivity contribution < 1.29 is 4.79 Å². The Morgan fingerprint density at radius 3 is 2.46 bits per heavy atom. The number of hydrogen-bond acceptors (Lipinski definition) is 5. The van der Waals surface area contributed by atoms with Crippen LogP contribution in [0.5, 0.6) is 0 Å². The Balaban J connectivity index is 1.67. The van der Waals surface area contributed by atoms with Crippen LogP contribution in [0.25, 0.3) is 0 Å². The lowest BCUT2D eigenvalue weighted by atomic mass is 10.3. The Bertz CT molecular complexity index is 730. The largest absolute Gasteiger partial charge is 0.353 e. The van der Waals surface area contributed by atoms with Crippen molar-refractivity contribution in [2.75, 3.05) is 43.4 Å². The standard InChI is InChI=1S/C16H17Cl2N5O/c1-22-6-8-23(9-7-22)15-5-4-14(20-21-15)16(24)19-13-3-2-11(17)10-12(13)18/h2-5,10H,6-9H2,1H3,(H,19,24). The fraction of sp³-hybridized carbons (Fsp3) is 0.312. The summed E-state index contributed by atoms with van der Waals surface area (Å²) >= 11 is 11.9. The maximum absolute atomic E-state index is 12.3. The van der Waals surface area contributed by atoms with Crippen LogP contribution < -0.4 is 10.2 Å². The van der Waals surface area contributed by atoms with E-state index in [0.717, 1.165) is 32.0 Å². The molecule has 8 heteroatoms. The van der Waals surface area contributed by atoms with Gasteiger partial charge in [-0.3, -0.25) is 4.79 Å². The zero-order chi connectivity index (χ0) is 17.1. The molecule has 126 valence electrons. The van der Waals surface area contributed by atoms with Gasteiger partial charge in [0.2, 0.25) is 0 Å². The van der Waals surface area contributed by atoms with Gasteiger partial charge in [-0.2, -0.15) is 0 Å². The summed E-state index contributed by atoms with van der Waals surface area (Å²) in [5.74, 6) is 0.417. The SMILES string of the molecule is CN1CCN(c2ccc(C(=O)Nc3ccc(Cl)cc3Cl)nn2)CC1. The van der Waals surface area contributed by atoms with E-state index >= 15 is 0 Å². The second-order valence-electron chi connectivity index (χ2n) is 5.65. The van der Waals surface area contributed by atoms with Gasteiger partial charge >= 0.3 is 0 Å². The molecule has 1 aliphatic heterocycles. The molecule has 3 rings (SSSR count). The molecule has 0 atom stereocenters. The predicted octanol–water partition coefficient (Wildman–Crippen LogP) is 2.79. The summed E-state index contributed by atoms with van der Waals surface area (Å²) in [6, 6.07) is 8.36. The van der Waals surface area contributed by atoms with E-state index in [1.165, 1.54) is 0 Å². The highest BCUT2D eigenvalue weighted by molar-refractivity contribution is 6.36. The maximum atomic E-state index is 12.3. The van der Waals surface area contributed by atoms with Crippen molar-refractivity contribution in [1.29, 1.82) is 0 Å². The molecule has 24 heavy (non-hydrogen) atoms. The number of nitrogens with one attached hydrogen (secondary N) is 1. The molecule has 2 heterocycles. The second kappa shape index (κ2) is 7.34. The highest BCUT2D eigenvalue weighted by Crippen LogP contribution is 2.25. The number of benzene rings is 1. The molecule has 0 aliphatic carbocycles. The highest BCUT2D eigenvalue weighted by atomic mass is 35.5. The Morgan fingerprint density at radius 1 is 1.08 bits per heavy atom. The quantitative estimate of drug-likeness (QED) is 0.905. The molecule has 1 aliphatic rings. The van der Waals surface area contributed by atoms with Gasteiger partial charge in [0.25, 0.3) is 5.91 Å². The number of carbonyl (C=O) groups is 1. The van der Waals surface area contributed by atoms with Crippen LogP contribution in [0.4, 0.5) is 11.5 Å². The monoisotopic (exact) mass is 365 g/mol. The summed E-state index contributed by atoms with van der Waals surface area (Å²) in [6.45, 7) is 3.77. The van der Waals surface area contributed by atoms with Crippen molar-refractivity contribution in [3.8, 4) is 0 Å². The summed E-state index contributed by atoms with van der Waals surface area (Å²) < 4.78 is 0. The van der Waals surface area contributed by atoms with Crippen LogP contribution in [0.15, 0.2) is 30.3 Å². The molecule has 1 fully saturated rings. The van der Waals surface area contributed by atoms with E-state index in [9.17, 15) is 4.79 Å². The number of likely N-dealkylation sites (N-methyl/N-ethyl adjacent to an activating group) is 1. The van der Waals surface area contributed by atoms with Crippen LogP contribution in [0.1, 0.15) is 10.5 Å². The van der Waals surface area contributed by atoms with Crippen LogP contribution in [-0.2, 0) is 0 Å². The van der Waals surface area contributed by atoms with E-state index in [4.69, 9.17) is 23.2 Å². The van der Waals surface area contributed by atoms with Gasteiger partial charge in [-0.15, -0.1) is 10.2 Å². The van der Waals surface area contributed by atoms with E-state index in [2.05, 4.69) is 32.4 Å². The third-order valence-corrected chi connectivity index (χ3v) is 4.44. The topological polar surface area (TPSA) is 61.4 Å². The molecule has 0 bridgehead atoms. The van der Waals surface area contributed by atoms with E-state index in [0.29, 0.717) is 15.7 Å². The number of anilines is 2. The number of carbonyl (C=O) groups excluding carboxylic acids is 1. The van der Waals surface area contributed by atoms with Gasteiger partial charge in [-0.25, -0.2) is 0 Å². The molecule has 1 aromatic heterocycles. The average molecular weight is 366 g/mol. The third kappa shape index (κ3) is 3.95. The zero-order valence-corrected chi connectivity index (χ0v) is 14.7. The molecule has 0 saturated carbocycles. The van der Waals surface area contributed by atoms with Gasteiger partial charge in [0, 0.05) is 31.2 Å². The van der Waals surface area contributed by atoms with Crippen molar-refractivity contribution in [2.45, 2.75) is 0 Å². The van der Waals surface area contributed by atoms with Crippen LogP contribution in [0.3, 0.4) is 0 Å². The van der Waals surface area contributed by atoms with Gasteiger partial charge < -0.3 is 15.1 Å². The lowest BCUT2D eigenvalue weighted by Gasteiger charge is -2.32. The maximum Gasteiger partial charge on any atom is 0.276 e. The minimum absolute atomic E-state index is 0.235. The first-order valence-corrected chi connectivity index (χ1v) is 8.32. The lowest BCUT2D eigenvalue weighted by molar-refractivity contribution is 0.102. The molecule has 1 N–H and O–H groups in total. The normalized spacial score (nSPS) is 15.4. The number of hydrogen-bond donors (Lipinski definition) is 1. The zero-order valence-electron chi connectivity index (χ0n) is 13.2. The summed E-state index contributed by atoms with van der Waals surface area (Å²) in [5.41, 5.74) is 0.718. The molecule has 1 saturated heterocycles. The molecule has 0 radical (unpaired) electrons. The summed E-state index contributed by atoms with van der Waals surface area (Å²) in [4.78, 5) is 16.7. The predicted molar refractivity (Wildman–Crippen MR) is 96.2 cm³/mol. The van der Waals surface area contributed by atoms with Crippen molar-refractivity contribution in [2.24, 2.45) is 0 Å². The van der Waals surface area contributed by atoms with Crippen molar-refractivity contribution in [3.05, 3.63) is 46.1 Å². The first-order valence-electron chi connectivity index (χ1n) is 7.56. The van der Waals surface area contributed by atoms with Crippen LogP contribution >= 0.6 is 23.2 Å². The molecule has 2 aromatic rings. The first kappa shape index (κ1) is 17.0. The molecule has 6 nitrogen and oxygen atoms in total. The van der Waals surface area contributed by atoms with Gasteiger partial charge in [-0.1, -0.05) is 23.2 Å². The van der Waals surface area contributed by atoms with Crippen LogP contribution in [0.2, 0.25) is 10.0 Å². The van der Waals surface area contributed by atoms with Gasteiger partial charge in [0.1, 0.15) is 0 Å². The average Bonchev–Trinajstić information content (AvgIpc) is 2.58. The minimum Gasteiger partial charge on any atom is -0.353 e. The van der Waals surface area contributed by atoms with Crippen LogP contribution in [-0.4, -0.2) is 54.2 Å². The van der Waals surface area contributed by atoms with Crippen molar-refractivity contribution in [1.82, 2.24) is 15.1 Å².